The molecule has 7 atom stereocenters. The first-order valence-corrected chi connectivity index (χ1v) is 24.0. The lowest BCUT2D eigenvalue weighted by Gasteiger charge is -2.62. The van der Waals surface area contributed by atoms with Gasteiger partial charge in [-0.25, -0.2) is 0 Å². The first-order chi connectivity index (χ1) is 25.8. The van der Waals surface area contributed by atoms with Gasteiger partial charge in [0.05, 0.1) is 0 Å². The Labute approximate surface area is 337 Å². The van der Waals surface area contributed by atoms with Gasteiger partial charge in [-0.3, -0.25) is 4.79 Å². The minimum Gasteiger partial charge on any atom is -0.462 e. The molecule has 2 saturated carbocycles. The molecule has 0 aromatic carbocycles. The Kier molecular flexibility index (Phi) is 18.0. The molecule has 0 heterocycles. The van der Waals surface area contributed by atoms with Crippen LogP contribution in [0.5, 0.6) is 0 Å². The molecule has 0 bridgehead atoms. The summed E-state index contributed by atoms with van der Waals surface area (Å²) in [6, 6.07) is 0. The van der Waals surface area contributed by atoms with E-state index in [9.17, 15) is 4.79 Å². The monoisotopic (exact) mass is 747 g/mol. The number of unbranched alkanes of at least 4 members (excludes halogenated alkanes) is 15. The Bertz CT molecular complexity index is 1230. The number of carbonyl (C=O) groups excluding carboxylic acids is 1. The zero-order chi connectivity index (χ0) is 39.2. The van der Waals surface area contributed by atoms with E-state index in [1.807, 2.05) is 11.1 Å². The van der Waals surface area contributed by atoms with E-state index in [0.29, 0.717) is 23.2 Å². The lowest BCUT2D eigenvalue weighted by Crippen LogP contribution is -2.55. The first kappa shape index (κ1) is 45.4. The Morgan fingerprint density at radius 3 is 1.91 bits per heavy atom. The maximum Gasteiger partial charge on any atom is 0.306 e. The molecule has 0 aromatic rings. The number of rotatable bonds is 24. The second-order valence-electron chi connectivity index (χ2n) is 20.8. The molecule has 4 aliphatic rings. The standard InChI is InChI=1S/C52H90O2/c1-10-11-12-13-14-15-16-17-18-19-20-21-22-23-24-25-26-27-28-32-48(53)54-47-37-38-50(7)44-36-40-51(8)43(42(4)31-29-30-41(2)3)35-39-52(51,9)45(44)33-34-46(50)49(47,5)6/h17-18,30,42-43,46-47H,10-16,19-29,31-40H2,1-9H3/t42-,43-,46?,47?,50-,51+,52+/m1/s1. The van der Waals surface area contributed by atoms with Crippen LogP contribution >= 0.6 is 0 Å². The van der Waals surface area contributed by atoms with E-state index < -0.39 is 0 Å². The van der Waals surface area contributed by atoms with Crippen LogP contribution in [0.4, 0.5) is 0 Å². The largest absolute Gasteiger partial charge is 0.462 e. The Balaban J connectivity index is 1.13. The molecule has 4 rings (SSSR count). The molecule has 2 nitrogen and oxygen atoms in total. The predicted octanol–water partition coefficient (Wildman–Crippen LogP) is 16.6. The van der Waals surface area contributed by atoms with Crippen LogP contribution in [0.2, 0.25) is 0 Å². The lowest BCUT2D eigenvalue weighted by atomic mass is 9.43. The zero-order valence-corrected chi connectivity index (χ0v) is 37.7. The van der Waals surface area contributed by atoms with Gasteiger partial charge in [0.25, 0.3) is 0 Å². The molecule has 4 aliphatic carbocycles. The van der Waals surface area contributed by atoms with Gasteiger partial charge in [-0.1, -0.05) is 160 Å². The van der Waals surface area contributed by atoms with Crippen LogP contribution in [0.25, 0.3) is 0 Å². The third-order valence-corrected chi connectivity index (χ3v) is 16.5. The third kappa shape index (κ3) is 11.2. The molecule has 0 radical (unpaired) electrons. The minimum atomic E-state index is 0.0182. The van der Waals surface area contributed by atoms with E-state index in [-0.39, 0.29) is 22.9 Å². The summed E-state index contributed by atoms with van der Waals surface area (Å²) in [4.78, 5) is 13.2. The summed E-state index contributed by atoms with van der Waals surface area (Å²) in [5.41, 5.74) is 6.23. The summed E-state index contributed by atoms with van der Waals surface area (Å²) in [5, 5.41) is 0. The van der Waals surface area contributed by atoms with E-state index in [2.05, 4.69) is 80.5 Å². The second kappa shape index (κ2) is 21.4. The number of fused-ring (bicyclic) bond motifs is 4. The quantitative estimate of drug-likeness (QED) is 0.0558. The van der Waals surface area contributed by atoms with Gasteiger partial charge in [0, 0.05) is 11.8 Å². The van der Waals surface area contributed by atoms with Crippen LogP contribution in [0.15, 0.2) is 34.9 Å². The fourth-order valence-corrected chi connectivity index (χ4v) is 12.9. The summed E-state index contributed by atoms with van der Waals surface area (Å²) < 4.78 is 6.40. The Morgan fingerprint density at radius 2 is 1.30 bits per heavy atom. The highest BCUT2D eigenvalue weighted by Gasteiger charge is 2.63. The number of carbonyl (C=O) groups is 1. The van der Waals surface area contributed by atoms with Gasteiger partial charge in [-0.05, 0) is 144 Å². The Morgan fingerprint density at radius 1 is 0.704 bits per heavy atom. The zero-order valence-electron chi connectivity index (χ0n) is 37.7. The summed E-state index contributed by atoms with van der Waals surface area (Å²) in [6.45, 7) is 22.2. The molecule has 2 heteroatoms. The van der Waals surface area contributed by atoms with E-state index in [0.717, 1.165) is 31.1 Å². The van der Waals surface area contributed by atoms with Gasteiger partial charge >= 0.3 is 5.97 Å². The molecular weight excluding hydrogens is 657 g/mol. The maximum atomic E-state index is 13.2. The van der Waals surface area contributed by atoms with Crippen LogP contribution in [-0.4, -0.2) is 12.1 Å². The van der Waals surface area contributed by atoms with E-state index in [4.69, 9.17) is 4.74 Å². The van der Waals surface area contributed by atoms with Crippen molar-refractivity contribution in [3.05, 3.63) is 34.9 Å². The van der Waals surface area contributed by atoms with Gasteiger partial charge in [0.1, 0.15) is 6.10 Å². The minimum absolute atomic E-state index is 0.0182. The molecule has 0 aromatic heterocycles. The van der Waals surface area contributed by atoms with Crippen molar-refractivity contribution in [1.82, 2.24) is 0 Å². The van der Waals surface area contributed by atoms with Crippen molar-refractivity contribution in [2.75, 3.05) is 0 Å². The van der Waals surface area contributed by atoms with Crippen molar-refractivity contribution in [2.45, 2.75) is 248 Å². The van der Waals surface area contributed by atoms with Crippen molar-refractivity contribution in [1.29, 1.82) is 0 Å². The van der Waals surface area contributed by atoms with Crippen LogP contribution in [0.1, 0.15) is 242 Å². The fraction of sp³-hybridized carbons (Fsp3) is 0.865. The number of hydrogen-bond donors (Lipinski definition) is 0. The average molecular weight is 747 g/mol. The van der Waals surface area contributed by atoms with Gasteiger partial charge in [0.15, 0.2) is 0 Å². The summed E-state index contributed by atoms with van der Waals surface area (Å²) >= 11 is 0. The van der Waals surface area contributed by atoms with Gasteiger partial charge in [0.2, 0.25) is 0 Å². The van der Waals surface area contributed by atoms with Crippen molar-refractivity contribution in [3.63, 3.8) is 0 Å². The van der Waals surface area contributed by atoms with Crippen molar-refractivity contribution >= 4 is 5.97 Å². The highest BCUT2D eigenvalue weighted by Crippen LogP contribution is 2.72. The fourth-order valence-electron chi connectivity index (χ4n) is 12.9. The first-order valence-electron chi connectivity index (χ1n) is 24.0. The maximum absolute atomic E-state index is 13.2. The van der Waals surface area contributed by atoms with Crippen LogP contribution in [0, 0.1) is 39.4 Å². The van der Waals surface area contributed by atoms with Crippen molar-refractivity contribution < 1.29 is 9.53 Å². The molecule has 0 spiro atoms. The summed E-state index contributed by atoms with van der Waals surface area (Å²) in [7, 11) is 0. The summed E-state index contributed by atoms with van der Waals surface area (Å²) in [6.07, 6.45) is 43.2. The van der Waals surface area contributed by atoms with Gasteiger partial charge in [-0.2, -0.15) is 0 Å². The third-order valence-electron chi connectivity index (χ3n) is 16.5. The Hall–Kier alpha value is -1.31. The number of ether oxygens (including phenoxy) is 1. The predicted molar refractivity (Wildman–Crippen MR) is 235 cm³/mol. The van der Waals surface area contributed by atoms with Crippen molar-refractivity contribution in [3.8, 4) is 0 Å². The van der Waals surface area contributed by atoms with Gasteiger partial charge < -0.3 is 4.74 Å². The normalized spacial score (nSPS) is 30.9. The van der Waals surface area contributed by atoms with Crippen LogP contribution in [-0.2, 0) is 9.53 Å². The molecule has 0 aliphatic heterocycles. The molecule has 0 N–H and O–H groups in total. The molecule has 54 heavy (non-hydrogen) atoms. The number of esters is 1. The molecule has 2 fully saturated rings. The van der Waals surface area contributed by atoms with Gasteiger partial charge in [-0.15, -0.1) is 0 Å². The second-order valence-corrected chi connectivity index (χ2v) is 20.8. The van der Waals surface area contributed by atoms with E-state index in [1.54, 1.807) is 0 Å². The smallest absolute Gasteiger partial charge is 0.306 e. The number of allylic oxidation sites excluding steroid dienone is 6. The average Bonchev–Trinajstić information content (AvgIpc) is 3.41. The lowest BCUT2D eigenvalue weighted by molar-refractivity contribution is -0.170. The molecule has 310 valence electrons. The SMILES string of the molecule is CCCCCCCCC=CCCCCCCCCCCCC(=O)OC1CC[C@]2(C)C3=C(CCC2C1(C)C)[C@]1(C)CC[C@H]([C@H](C)CCC=C(C)C)[C@]1(C)CC3. The molecule has 0 amide bonds. The number of hydrogen-bond acceptors (Lipinski definition) is 2. The van der Waals surface area contributed by atoms with E-state index >= 15 is 0 Å². The highest BCUT2D eigenvalue weighted by molar-refractivity contribution is 5.69. The van der Waals surface area contributed by atoms with Crippen molar-refractivity contribution in [2.24, 2.45) is 39.4 Å². The molecular formula is C52H90O2. The summed E-state index contributed by atoms with van der Waals surface area (Å²) in [5.74, 6) is 2.29. The topological polar surface area (TPSA) is 26.3 Å². The van der Waals surface area contributed by atoms with Crippen LogP contribution < -0.4 is 0 Å². The molecule has 2 unspecified atom stereocenters. The van der Waals surface area contributed by atoms with E-state index in [1.165, 1.54) is 160 Å². The van der Waals surface area contributed by atoms with Crippen LogP contribution in [0.3, 0.4) is 0 Å². The molecule has 0 saturated heterocycles. The highest BCUT2D eigenvalue weighted by atomic mass is 16.5.